The van der Waals surface area contributed by atoms with Gasteiger partial charge in [0.1, 0.15) is 6.61 Å². The molecule has 0 amide bonds. The summed E-state index contributed by atoms with van der Waals surface area (Å²) in [5.74, 6) is -0.664. The fraction of sp³-hybridized carbons (Fsp3) is 0.115. The van der Waals surface area contributed by atoms with Gasteiger partial charge in [0.2, 0.25) is 0 Å². The lowest BCUT2D eigenvalue weighted by Crippen LogP contribution is -2.08. The molecule has 4 nitrogen and oxygen atoms in total. The van der Waals surface area contributed by atoms with Crippen molar-refractivity contribution in [1.82, 2.24) is 0 Å². The van der Waals surface area contributed by atoms with Crippen molar-refractivity contribution in [2.45, 2.75) is 24.2 Å². The van der Waals surface area contributed by atoms with Crippen molar-refractivity contribution >= 4 is 26.6 Å². The molecule has 0 aliphatic heterocycles. The highest BCUT2D eigenvalue weighted by molar-refractivity contribution is 7.90. The molecule has 0 unspecified atom stereocenters. The van der Waals surface area contributed by atoms with Crippen LogP contribution in [0.15, 0.2) is 95.9 Å². The summed E-state index contributed by atoms with van der Waals surface area (Å²) in [5.41, 5.74) is 2.79. The third-order valence-electron chi connectivity index (χ3n) is 5.14. The smallest absolute Gasteiger partial charge is 0.338 e. The Hall–Kier alpha value is -3.44. The van der Waals surface area contributed by atoms with E-state index in [2.05, 4.69) is 0 Å². The quantitative estimate of drug-likeness (QED) is 0.380. The minimum atomic E-state index is -3.50. The third-order valence-corrected chi connectivity index (χ3v) is 6.84. The highest BCUT2D eigenvalue weighted by Gasteiger charge is 2.17. The number of benzene rings is 4. The molecule has 5 heteroatoms. The zero-order valence-corrected chi connectivity index (χ0v) is 17.9. The molecular weight excluding hydrogens is 408 g/mol. The van der Waals surface area contributed by atoms with Crippen molar-refractivity contribution in [2.24, 2.45) is 0 Å². The van der Waals surface area contributed by atoms with E-state index in [9.17, 15) is 13.2 Å². The van der Waals surface area contributed by atoms with Crippen molar-refractivity contribution in [1.29, 1.82) is 0 Å². The van der Waals surface area contributed by atoms with E-state index in [0.717, 1.165) is 21.9 Å². The Kier molecular flexibility index (Phi) is 5.87. The summed E-state index contributed by atoms with van der Waals surface area (Å²) in [4.78, 5) is 12.9. The van der Waals surface area contributed by atoms with Crippen LogP contribution in [0.2, 0.25) is 0 Å². The molecule has 0 atom stereocenters. The molecule has 0 aliphatic carbocycles. The van der Waals surface area contributed by atoms with Gasteiger partial charge >= 0.3 is 5.97 Å². The van der Waals surface area contributed by atoms with Crippen molar-refractivity contribution in [3.8, 4) is 0 Å². The molecule has 4 aromatic carbocycles. The highest BCUT2D eigenvalue weighted by atomic mass is 32.2. The van der Waals surface area contributed by atoms with Gasteiger partial charge in [-0.3, -0.25) is 0 Å². The Bertz CT molecular complexity index is 1330. The number of hydrogen-bond acceptors (Lipinski definition) is 4. The summed E-state index contributed by atoms with van der Waals surface area (Å²) in [6.07, 6.45) is 0. The summed E-state index contributed by atoms with van der Waals surface area (Å²) < 4.78 is 30.9. The van der Waals surface area contributed by atoms with E-state index in [1.165, 1.54) is 0 Å². The van der Waals surface area contributed by atoms with Gasteiger partial charge in [-0.05, 0) is 53.1 Å². The SMILES string of the molecule is Cc1ccc(S(=O)(=O)Cc2cccc(C(=O)OCc3cccc4ccccc34)c2)cc1. The normalized spacial score (nSPS) is 11.4. The van der Waals surface area contributed by atoms with E-state index < -0.39 is 15.8 Å². The largest absolute Gasteiger partial charge is 0.457 e. The van der Waals surface area contributed by atoms with E-state index in [1.54, 1.807) is 48.5 Å². The van der Waals surface area contributed by atoms with Gasteiger partial charge in [-0.1, -0.05) is 72.3 Å². The van der Waals surface area contributed by atoms with E-state index in [0.29, 0.717) is 11.1 Å². The van der Waals surface area contributed by atoms with Crippen molar-refractivity contribution in [2.75, 3.05) is 0 Å². The molecule has 0 fully saturated rings. The summed E-state index contributed by atoms with van der Waals surface area (Å²) >= 11 is 0. The van der Waals surface area contributed by atoms with Gasteiger partial charge in [-0.25, -0.2) is 13.2 Å². The number of hydrogen-bond donors (Lipinski definition) is 0. The van der Waals surface area contributed by atoms with Gasteiger partial charge < -0.3 is 4.74 Å². The van der Waals surface area contributed by atoms with Crippen LogP contribution < -0.4 is 0 Å². The van der Waals surface area contributed by atoms with Gasteiger partial charge in [0.15, 0.2) is 9.84 Å². The fourth-order valence-electron chi connectivity index (χ4n) is 3.48. The Morgan fingerprint density at radius 2 is 1.55 bits per heavy atom. The maximum Gasteiger partial charge on any atom is 0.338 e. The Labute approximate surface area is 182 Å². The second kappa shape index (κ2) is 8.74. The van der Waals surface area contributed by atoms with Crippen LogP contribution in [0.4, 0.5) is 0 Å². The van der Waals surface area contributed by atoms with Crippen LogP contribution in [0, 0.1) is 6.92 Å². The molecule has 0 saturated carbocycles. The first-order valence-corrected chi connectivity index (χ1v) is 11.6. The molecule has 0 saturated heterocycles. The van der Waals surface area contributed by atoms with Crippen molar-refractivity contribution < 1.29 is 17.9 Å². The Morgan fingerprint density at radius 3 is 2.35 bits per heavy atom. The summed E-state index contributed by atoms with van der Waals surface area (Å²) in [6.45, 7) is 2.05. The zero-order valence-electron chi connectivity index (χ0n) is 17.1. The third kappa shape index (κ3) is 4.84. The Morgan fingerprint density at radius 1 is 0.839 bits per heavy atom. The van der Waals surface area contributed by atoms with Crippen LogP contribution in [0.3, 0.4) is 0 Å². The lowest BCUT2D eigenvalue weighted by molar-refractivity contribution is 0.0474. The van der Waals surface area contributed by atoms with Gasteiger partial charge in [0.05, 0.1) is 16.2 Å². The number of carbonyl (C=O) groups excluding carboxylic acids is 1. The van der Waals surface area contributed by atoms with Crippen molar-refractivity contribution in [3.05, 3.63) is 113 Å². The van der Waals surface area contributed by atoms with Crippen LogP contribution in [0.25, 0.3) is 10.8 Å². The first-order valence-electron chi connectivity index (χ1n) is 9.94. The number of esters is 1. The first kappa shape index (κ1) is 20.8. The monoisotopic (exact) mass is 430 g/mol. The predicted molar refractivity (Wildman–Crippen MR) is 122 cm³/mol. The lowest BCUT2D eigenvalue weighted by Gasteiger charge is -2.09. The predicted octanol–water partition coefficient (Wildman–Crippen LogP) is 5.48. The van der Waals surface area contributed by atoms with Crippen LogP contribution in [-0.4, -0.2) is 14.4 Å². The molecule has 0 aliphatic rings. The number of sulfone groups is 1. The number of ether oxygens (including phenoxy) is 1. The van der Waals surface area contributed by atoms with Crippen LogP contribution >= 0.6 is 0 Å². The summed E-state index contributed by atoms with van der Waals surface area (Å²) in [5, 5.41) is 2.12. The van der Waals surface area contributed by atoms with Gasteiger partial charge in [-0.2, -0.15) is 0 Å². The standard InChI is InChI=1S/C26H22O4S/c1-19-12-14-24(15-13-19)31(28,29)18-20-6-4-9-22(16-20)26(27)30-17-23-10-5-8-21-7-2-3-11-25(21)23/h2-16H,17-18H2,1H3. The molecule has 4 aromatic rings. The maximum atomic E-state index is 12.7. The van der Waals surface area contributed by atoms with Gasteiger partial charge in [0.25, 0.3) is 0 Å². The topological polar surface area (TPSA) is 60.4 Å². The van der Waals surface area contributed by atoms with E-state index in [-0.39, 0.29) is 17.3 Å². The van der Waals surface area contributed by atoms with E-state index in [4.69, 9.17) is 4.74 Å². The number of rotatable bonds is 6. The number of carbonyl (C=O) groups is 1. The van der Waals surface area contributed by atoms with Crippen LogP contribution in [-0.2, 0) is 26.9 Å². The van der Waals surface area contributed by atoms with Gasteiger partial charge in [-0.15, -0.1) is 0 Å². The summed E-state index contributed by atoms with van der Waals surface area (Å²) in [7, 11) is -3.50. The molecule has 0 aromatic heterocycles. The van der Waals surface area contributed by atoms with Crippen LogP contribution in [0.1, 0.15) is 27.0 Å². The first-order chi connectivity index (χ1) is 14.9. The second-order valence-corrected chi connectivity index (χ2v) is 9.48. The molecule has 4 rings (SSSR count). The molecule has 0 N–H and O–H groups in total. The van der Waals surface area contributed by atoms with Crippen molar-refractivity contribution in [3.63, 3.8) is 0 Å². The minimum absolute atomic E-state index is 0.145. The van der Waals surface area contributed by atoms with Gasteiger partial charge in [0, 0.05) is 0 Å². The molecule has 0 radical (unpaired) electrons. The number of aryl methyl sites for hydroxylation is 1. The minimum Gasteiger partial charge on any atom is -0.457 e. The molecular formula is C26H22O4S. The zero-order chi connectivity index (χ0) is 21.8. The second-order valence-electron chi connectivity index (χ2n) is 7.49. The Balaban J connectivity index is 1.48. The number of fused-ring (bicyclic) bond motifs is 1. The van der Waals surface area contributed by atoms with E-state index in [1.807, 2.05) is 49.4 Å². The average Bonchev–Trinajstić information content (AvgIpc) is 2.77. The average molecular weight is 431 g/mol. The van der Waals surface area contributed by atoms with Crippen LogP contribution in [0.5, 0.6) is 0 Å². The molecule has 31 heavy (non-hydrogen) atoms. The highest BCUT2D eigenvalue weighted by Crippen LogP contribution is 2.21. The fourth-order valence-corrected chi connectivity index (χ4v) is 4.82. The molecule has 0 spiro atoms. The van der Waals surface area contributed by atoms with E-state index >= 15 is 0 Å². The lowest BCUT2D eigenvalue weighted by atomic mass is 10.1. The maximum absolute atomic E-state index is 12.7. The molecule has 0 heterocycles. The molecule has 156 valence electrons. The summed E-state index contributed by atoms with van der Waals surface area (Å²) in [6, 6.07) is 27.1. The molecule has 0 bridgehead atoms.